The molecule has 0 aromatic heterocycles. The third kappa shape index (κ3) is 3.11. The summed E-state index contributed by atoms with van der Waals surface area (Å²) in [5.41, 5.74) is 0.738. The molecule has 1 saturated carbocycles. The number of hydrogen-bond donors (Lipinski definition) is 1. The summed E-state index contributed by atoms with van der Waals surface area (Å²) in [6, 6.07) is 7.53. The highest BCUT2D eigenvalue weighted by molar-refractivity contribution is 9.10. The number of carbonyl (C=O) groups excluding carboxylic acids is 2. The van der Waals surface area contributed by atoms with Gasteiger partial charge in [-0.15, -0.1) is 0 Å². The van der Waals surface area contributed by atoms with Crippen LogP contribution in [0.2, 0.25) is 0 Å². The summed E-state index contributed by atoms with van der Waals surface area (Å²) < 4.78 is 0.986. The Labute approximate surface area is 128 Å². The lowest BCUT2D eigenvalue weighted by Gasteiger charge is -2.51. The third-order valence-electron chi connectivity index (χ3n) is 4.52. The minimum absolute atomic E-state index is 0.0207. The largest absolute Gasteiger partial charge is 0.326 e. The fourth-order valence-electron chi connectivity index (χ4n) is 3.02. The number of amides is 1. The topological polar surface area (TPSA) is 46.2 Å². The highest BCUT2D eigenvalue weighted by Crippen LogP contribution is 2.53. The third-order valence-corrected chi connectivity index (χ3v) is 5.05. The van der Waals surface area contributed by atoms with Gasteiger partial charge in [0.25, 0.3) is 0 Å². The first kappa shape index (κ1) is 15.2. The molecule has 108 valence electrons. The molecule has 0 aliphatic heterocycles. The minimum Gasteiger partial charge on any atom is -0.326 e. The molecule has 1 aliphatic carbocycles. The van der Waals surface area contributed by atoms with Crippen molar-refractivity contribution in [2.75, 3.05) is 5.32 Å². The summed E-state index contributed by atoms with van der Waals surface area (Å²) in [6.45, 7) is 5.81. The van der Waals surface area contributed by atoms with Crippen LogP contribution in [0.4, 0.5) is 5.69 Å². The molecule has 1 aliphatic rings. The fourth-order valence-corrected chi connectivity index (χ4v) is 3.29. The quantitative estimate of drug-likeness (QED) is 0.901. The molecule has 4 heteroatoms. The molecule has 0 bridgehead atoms. The molecule has 2 atom stereocenters. The summed E-state index contributed by atoms with van der Waals surface area (Å²) in [6.07, 6.45) is 1.31. The van der Waals surface area contributed by atoms with E-state index in [0.717, 1.165) is 16.6 Å². The summed E-state index contributed by atoms with van der Waals surface area (Å²) in [5, 5.41) is 2.91. The molecule has 0 radical (unpaired) electrons. The summed E-state index contributed by atoms with van der Waals surface area (Å²) >= 11 is 3.36. The van der Waals surface area contributed by atoms with Crippen molar-refractivity contribution >= 4 is 33.3 Å². The van der Waals surface area contributed by atoms with Crippen molar-refractivity contribution in [3.63, 3.8) is 0 Å². The monoisotopic (exact) mass is 337 g/mol. The zero-order valence-electron chi connectivity index (χ0n) is 12.1. The minimum atomic E-state index is -0.0666. The van der Waals surface area contributed by atoms with E-state index in [1.807, 2.05) is 24.3 Å². The van der Waals surface area contributed by atoms with Crippen LogP contribution in [0.15, 0.2) is 28.7 Å². The molecule has 3 nitrogen and oxygen atoms in total. The Kier molecular flexibility index (Phi) is 4.33. The predicted octanol–water partition coefficient (Wildman–Crippen LogP) is 4.03. The van der Waals surface area contributed by atoms with Crippen LogP contribution in [0.1, 0.15) is 33.6 Å². The van der Waals surface area contributed by atoms with Crippen molar-refractivity contribution in [2.45, 2.75) is 33.6 Å². The predicted molar refractivity (Wildman–Crippen MR) is 83.4 cm³/mol. The van der Waals surface area contributed by atoms with Gasteiger partial charge in [-0.25, -0.2) is 0 Å². The second-order valence-corrected chi connectivity index (χ2v) is 7.09. The molecule has 1 aromatic rings. The highest BCUT2D eigenvalue weighted by Gasteiger charge is 2.50. The van der Waals surface area contributed by atoms with E-state index in [-0.39, 0.29) is 28.9 Å². The van der Waals surface area contributed by atoms with Gasteiger partial charge in [-0.1, -0.05) is 29.8 Å². The maximum atomic E-state index is 12.1. The molecule has 1 N–H and O–H groups in total. The van der Waals surface area contributed by atoms with Crippen LogP contribution in [0.25, 0.3) is 0 Å². The Morgan fingerprint density at radius 3 is 2.40 bits per heavy atom. The Hall–Kier alpha value is -1.16. The van der Waals surface area contributed by atoms with Gasteiger partial charge < -0.3 is 5.32 Å². The zero-order chi connectivity index (χ0) is 14.9. The van der Waals surface area contributed by atoms with Gasteiger partial charge >= 0.3 is 0 Å². The molecular weight excluding hydrogens is 318 g/mol. The van der Waals surface area contributed by atoms with Gasteiger partial charge in [0.15, 0.2) is 0 Å². The number of rotatable bonds is 4. The number of halogens is 1. The van der Waals surface area contributed by atoms with E-state index in [9.17, 15) is 9.59 Å². The Balaban J connectivity index is 1.90. The van der Waals surface area contributed by atoms with Crippen molar-refractivity contribution in [2.24, 2.45) is 17.3 Å². The van der Waals surface area contributed by atoms with Gasteiger partial charge in [0.2, 0.25) is 5.91 Å². The van der Waals surface area contributed by atoms with Crippen LogP contribution < -0.4 is 5.32 Å². The molecule has 0 saturated heterocycles. The van der Waals surface area contributed by atoms with Crippen LogP contribution in [0.5, 0.6) is 0 Å². The van der Waals surface area contributed by atoms with Crippen molar-refractivity contribution in [1.82, 2.24) is 0 Å². The van der Waals surface area contributed by atoms with Gasteiger partial charge in [0.05, 0.1) is 0 Å². The first-order chi connectivity index (χ1) is 9.30. The lowest BCUT2D eigenvalue weighted by molar-refractivity contribution is -0.139. The standard InChI is InChI=1S/C16H20BrNO2/c1-10(19)14-8-11(16(14,2)3)9-15(20)18-13-6-4-12(17)5-7-13/h4-7,11,14H,8-9H2,1-3H3,(H,18,20)/t11-,14-/m0/s1. The maximum absolute atomic E-state index is 12.1. The van der Waals surface area contributed by atoms with Crippen molar-refractivity contribution in [3.05, 3.63) is 28.7 Å². The number of anilines is 1. The zero-order valence-corrected chi connectivity index (χ0v) is 13.7. The summed E-state index contributed by atoms with van der Waals surface area (Å²) in [5.74, 6) is 0.645. The Bertz CT molecular complexity index is 522. The van der Waals surface area contributed by atoms with Gasteiger partial charge in [-0.2, -0.15) is 0 Å². The van der Waals surface area contributed by atoms with Crippen LogP contribution in [-0.2, 0) is 9.59 Å². The SMILES string of the molecule is CC(=O)[C@@H]1C[C@@H](CC(=O)Nc2ccc(Br)cc2)C1(C)C. The van der Waals surface area contributed by atoms with E-state index >= 15 is 0 Å². The number of ketones is 1. The first-order valence-electron chi connectivity index (χ1n) is 6.86. The normalized spacial score (nSPS) is 23.8. The lowest BCUT2D eigenvalue weighted by atomic mass is 9.52. The second-order valence-electron chi connectivity index (χ2n) is 6.18. The molecule has 1 aromatic carbocycles. The van der Waals surface area contributed by atoms with Crippen LogP contribution in [0.3, 0.4) is 0 Å². The highest BCUT2D eigenvalue weighted by atomic mass is 79.9. The lowest BCUT2D eigenvalue weighted by Crippen LogP contribution is -2.49. The van der Waals surface area contributed by atoms with E-state index in [1.165, 1.54) is 0 Å². The molecule has 0 unspecified atom stereocenters. The second kappa shape index (κ2) is 5.68. The van der Waals surface area contributed by atoms with Crippen LogP contribution >= 0.6 is 15.9 Å². The molecular formula is C16H20BrNO2. The Morgan fingerprint density at radius 2 is 1.90 bits per heavy atom. The molecule has 0 heterocycles. The summed E-state index contributed by atoms with van der Waals surface area (Å²) in [4.78, 5) is 23.5. The number of Topliss-reactive ketones (excluding diaryl/α,β-unsaturated/α-hetero) is 1. The van der Waals surface area contributed by atoms with Crippen LogP contribution in [0, 0.1) is 17.3 Å². The summed E-state index contributed by atoms with van der Waals surface area (Å²) in [7, 11) is 0. The van der Waals surface area contributed by atoms with Crippen molar-refractivity contribution < 1.29 is 9.59 Å². The van der Waals surface area contributed by atoms with Crippen LogP contribution in [-0.4, -0.2) is 11.7 Å². The van der Waals surface area contributed by atoms with Crippen molar-refractivity contribution in [3.8, 4) is 0 Å². The van der Waals surface area contributed by atoms with Gasteiger partial charge in [-0.3, -0.25) is 9.59 Å². The van der Waals surface area contributed by atoms with Crippen molar-refractivity contribution in [1.29, 1.82) is 0 Å². The first-order valence-corrected chi connectivity index (χ1v) is 7.66. The van der Waals surface area contributed by atoms with Gasteiger partial charge in [0.1, 0.15) is 5.78 Å². The number of hydrogen-bond acceptors (Lipinski definition) is 2. The van der Waals surface area contributed by atoms with E-state index in [1.54, 1.807) is 6.92 Å². The average Bonchev–Trinajstić information content (AvgIpc) is 2.36. The molecule has 2 rings (SSSR count). The average molecular weight is 338 g/mol. The molecule has 1 fully saturated rings. The fraction of sp³-hybridized carbons (Fsp3) is 0.500. The molecule has 1 amide bonds. The number of benzene rings is 1. The molecule has 20 heavy (non-hydrogen) atoms. The Morgan fingerprint density at radius 1 is 1.30 bits per heavy atom. The van der Waals surface area contributed by atoms with Gasteiger partial charge in [-0.05, 0) is 48.9 Å². The van der Waals surface area contributed by atoms with E-state index in [2.05, 4.69) is 35.1 Å². The number of nitrogens with one attached hydrogen (secondary N) is 1. The smallest absolute Gasteiger partial charge is 0.224 e. The number of carbonyl (C=O) groups is 2. The van der Waals surface area contributed by atoms with E-state index in [4.69, 9.17) is 0 Å². The van der Waals surface area contributed by atoms with E-state index in [0.29, 0.717) is 6.42 Å². The molecule has 0 spiro atoms. The van der Waals surface area contributed by atoms with E-state index < -0.39 is 0 Å². The van der Waals surface area contributed by atoms with Gasteiger partial charge in [0, 0.05) is 22.5 Å². The maximum Gasteiger partial charge on any atom is 0.224 e.